The standard InChI is InChI=1S/C30H35FN2O3/c1-16-10-22-24-11-17(2)30(36,18(3)34)29(24,5)14-26(35)27(22)28(4)13-19-15-32-33(25(19)12-23(16)28)21-8-6-20(31)7-9-21/h6-10,12,15,17,22,24,26-27,35-36H,11,13-14H2,1-5H3/t17-,22+,24+,26+,27-,28+,29+,30+/m1/s1. The maximum Gasteiger partial charge on any atom is 0.162 e. The predicted octanol–water partition coefficient (Wildman–Crippen LogP) is 4.90. The first-order valence-electron chi connectivity index (χ1n) is 13.1. The van der Waals surface area contributed by atoms with Gasteiger partial charge in [0.05, 0.1) is 23.7 Å². The zero-order valence-corrected chi connectivity index (χ0v) is 21.6. The van der Waals surface area contributed by atoms with Crippen LogP contribution in [0.15, 0.2) is 47.7 Å². The summed E-state index contributed by atoms with van der Waals surface area (Å²) in [4.78, 5) is 12.7. The third-order valence-electron chi connectivity index (χ3n) is 10.5. The molecule has 2 N–H and O–H groups in total. The van der Waals surface area contributed by atoms with Crippen molar-refractivity contribution in [1.29, 1.82) is 0 Å². The lowest BCUT2D eigenvalue weighted by Crippen LogP contribution is -2.62. The maximum atomic E-state index is 13.5. The molecule has 6 rings (SSSR count). The number of hydrogen-bond donors (Lipinski definition) is 2. The number of carbonyl (C=O) groups excluding carboxylic acids is 1. The quantitative estimate of drug-likeness (QED) is 0.628. The largest absolute Gasteiger partial charge is 0.393 e. The van der Waals surface area contributed by atoms with Crippen molar-refractivity contribution in [2.45, 2.75) is 65.6 Å². The molecule has 2 aromatic rings. The van der Waals surface area contributed by atoms with Crippen LogP contribution in [-0.2, 0) is 11.2 Å². The van der Waals surface area contributed by atoms with Crippen molar-refractivity contribution >= 4 is 11.9 Å². The smallest absolute Gasteiger partial charge is 0.162 e. The first-order valence-corrected chi connectivity index (χ1v) is 13.1. The fourth-order valence-corrected chi connectivity index (χ4v) is 8.93. The Kier molecular flexibility index (Phi) is 4.95. The zero-order valence-electron chi connectivity index (χ0n) is 21.6. The number of nitrogens with zero attached hydrogens (tertiary/aromatic N) is 2. The molecule has 8 atom stereocenters. The second kappa shape index (κ2) is 7.48. The van der Waals surface area contributed by atoms with Crippen molar-refractivity contribution in [1.82, 2.24) is 9.78 Å². The average Bonchev–Trinajstić information content (AvgIpc) is 3.30. The first-order chi connectivity index (χ1) is 16.9. The minimum atomic E-state index is -1.42. The number of aliphatic hydroxyl groups excluding tert-OH is 1. The summed E-state index contributed by atoms with van der Waals surface area (Å²) in [5.41, 5.74) is 2.92. The summed E-state index contributed by atoms with van der Waals surface area (Å²) in [6.07, 6.45) is 7.68. The fourth-order valence-electron chi connectivity index (χ4n) is 8.93. The second-order valence-electron chi connectivity index (χ2n) is 12.3. The van der Waals surface area contributed by atoms with E-state index in [0.29, 0.717) is 6.42 Å². The lowest BCUT2D eigenvalue weighted by molar-refractivity contribution is -0.175. The molecule has 36 heavy (non-hydrogen) atoms. The molecule has 6 heteroatoms. The lowest BCUT2D eigenvalue weighted by atomic mass is 9.46. The van der Waals surface area contributed by atoms with Crippen LogP contribution in [0.4, 0.5) is 4.39 Å². The van der Waals surface area contributed by atoms with Gasteiger partial charge in [-0.3, -0.25) is 4.79 Å². The molecule has 1 heterocycles. The Bertz CT molecular complexity index is 1330. The third-order valence-corrected chi connectivity index (χ3v) is 10.5. The molecule has 0 spiro atoms. The van der Waals surface area contributed by atoms with Crippen LogP contribution in [0.1, 0.15) is 58.7 Å². The molecule has 2 fully saturated rings. The van der Waals surface area contributed by atoms with E-state index in [1.54, 1.807) is 12.1 Å². The molecule has 1 aromatic carbocycles. The highest BCUT2D eigenvalue weighted by Gasteiger charge is 2.69. The number of benzene rings is 1. The lowest BCUT2D eigenvalue weighted by Gasteiger charge is -2.59. The first kappa shape index (κ1) is 23.8. The van der Waals surface area contributed by atoms with Crippen LogP contribution in [0, 0.1) is 40.3 Å². The summed E-state index contributed by atoms with van der Waals surface area (Å²) in [6, 6.07) is 6.36. The number of carbonyl (C=O) groups is 1. The molecular formula is C30H35FN2O3. The Morgan fingerprint density at radius 2 is 1.92 bits per heavy atom. The Hall–Kier alpha value is -2.57. The van der Waals surface area contributed by atoms with Gasteiger partial charge in [-0.05, 0) is 92.3 Å². The minimum absolute atomic E-state index is 0.0191. The van der Waals surface area contributed by atoms with Gasteiger partial charge in [-0.25, -0.2) is 9.07 Å². The number of aliphatic hydroxyl groups is 2. The van der Waals surface area contributed by atoms with Gasteiger partial charge in [0, 0.05) is 16.7 Å². The molecule has 2 saturated carbocycles. The Morgan fingerprint density at radius 3 is 2.58 bits per heavy atom. The van der Waals surface area contributed by atoms with Crippen LogP contribution in [-0.4, -0.2) is 37.5 Å². The normalized spacial score (nSPS) is 40.9. The maximum absolute atomic E-state index is 13.5. The molecule has 0 amide bonds. The molecule has 1 aromatic heterocycles. The Balaban J connectivity index is 1.46. The van der Waals surface area contributed by atoms with Crippen LogP contribution in [0.2, 0.25) is 0 Å². The number of allylic oxidation sites excluding steroid dienone is 3. The highest BCUT2D eigenvalue weighted by atomic mass is 19.1. The number of halogens is 1. The summed E-state index contributed by atoms with van der Waals surface area (Å²) in [5.74, 6) is -0.448. The summed E-state index contributed by atoms with van der Waals surface area (Å²) < 4.78 is 15.4. The van der Waals surface area contributed by atoms with Crippen molar-refractivity contribution in [3.63, 3.8) is 0 Å². The fraction of sp³-hybridized carbons (Fsp3) is 0.533. The van der Waals surface area contributed by atoms with Gasteiger partial charge < -0.3 is 10.2 Å². The molecule has 0 unspecified atom stereocenters. The van der Waals surface area contributed by atoms with E-state index in [1.807, 2.05) is 24.7 Å². The number of ketones is 1. The molecule has 0 aliphatic heterocycles. The van der Waals surface area contributed by atoms with Crippen molar-refractivity contribution in [2.75, 3.05) is 0 Å². The Morgan fingerprint density at radius 1 is 1.22 bits per heavy atom. The number of fused-ring (bicyclic) bond motifs is 6. The van der Waals surface area contributed by atoms with Crippen molar-refractivity contribution in [3.8, 4) is 5.69 Å². The van der Waals surface area contributed by atoms with E-state index >= 15 is 0 Å². The van der Waals surface area contributed by atoms with Crippen LogP contribution >= 0.6 is 0 Å². The molecule has 190 valence electrons. The van der Waals surface area contributed by atoms with Gasteiger partial charge in [0.2, 0.25) is 0 Å². The van der Waals surface area contributed by atoms with E-state index < -0.39 is 17.1 Å². The number of rotatable bonds is 2. The summed E-state index contributed by atoms with van der Waals surface area (Å²) in [5, 5.41) is 28.1. The molecule has 0 radical (unpaired) electrons. The van der Waals surface area contributed by atoms with Gasteiger partial charge in [0.25, 0.3) is 0 Å². The van der Waals surface area contributed by atoms with Crippen LogP contribution in [0.25, 0.3) is 11.8 Å². The van der Waals surface area contributed by atoms with Crippen LogP contribution < -0.4 is 0 Å². The van der Waals surface area contributed by atoms with Gasteiger partial charge in [0.1, 0.15) is 11.4 Å². The van der Waals surface area contributed by atoms with Gasteiger partial charge in [0.15, 0.2) is 5.78 Å². The SMILES string of the molecule is CC(=O)[C@@]1(O)[C@H](C)C[C@H]2[C@@H]3C=C(C)C4=Cc5c(cnn5-c5ccc(F)cc5)C[C@]4(C)[C@H]3[C@@H](O)C[C@@]21C. The summed E-state index contributed by atoms with van der Waals surface area (Å²) in [6.45, 7) is 9.89. The molecule has 5 nitrogen and oxygen atoms in total. The number of hydrogen-bond acceptors (Lipinski definition) is 4. The zero-order chi connectivity index (χ0) is 25.8. The number of Topliss-reactive ketones (excluding diaryl/α,β-unsaturated/α-hetero) is 1. The third kappa shape index (κ3) is 2.83. The average molecular weight is 491 g/mol. The summed E-state index contributed by atoms with van der Waals surface area (Å²) in [7, 11) is 0. The topological polar surface area (TPSA) is 75.3 Å². The second-order valence-corrected chi connectivity index (χ2v) is 12.3. The predicted molar refractivity (Wildman–Crippen MR) is 136 cm³/mol. The van der Waals surface area contributed by atoms with E-state index in [-0.39, 0.29) is 40.7 Å². The van der Waals surface area contributed by atoms with E-state index in [1.165, 1.54) is 30.2 Å². The van der Waals surface area contributed by atoms with Gasteiger partial charge in [-0.2, -0.15) is 5.10 Å². The Labute approximate surface area is 211 Å². The van der Waals surface area contributed by atoms with Gasteiger partial charge >= 0.3 is 0 Å². The highest BCUT2D eigenvalue weighted by molar-refractivity contribution is 5.86. The van der Waals surface area contributed by atoms with Crippen LogP contribution in [0.3, 0.4) is 0 Å². The van der Waals surface area contributed by atoms with Crippen molar-refractivity contribution in [3.05, 3.63) is 64.8 Å². The van der Waals surface area contributed by atoms with E-state index in [0.717, 1.165) is 29.8 Å². The molecule has 4 aliphatic carbocycles. The minimum Gasteiger partial charge on any atom is -0.393 e. The van der Waals surface area contributed by atoms with Crippen molar-refractivity contribution in [2.24, 2.45) is 34.5 Å². The molecule has 0 bridgehead atoms. The molecular weight excluding hydrogens is 455 g/mol. The van der Waals surface area contributed by atoms with Crippen molar-refractivity contribution < 1.29 is 19.4 Å². The van der Waals surface area contributed by atoms with E-state index in [4.69, 9.17) is 0 Å². The number of aromatic nitrogens is 2. The van der Waals surface area contributed by atoms with E-state index in [9.17, 15) is 19.4 Å². The van der Waals surface area contributed by atoms with Crippen LogP contribution in [0.5, 0.6) is 0 Å². The monoisotopic (exact) mass is 490 g/mol. The summed E-state index contributed by atoms with van der Waals surface area (Å²) >= 11 is 0. The van der Waals surface area contributed by atoms with Gasteiger partial charge in [-0.1, -0.05) is 32.4 Å². The molecule has 4 aliphatic rings. The van der Waals surface area contributed by atoms with Gasteiger partial charge in [-0.15, -0.1) is 0 Å². The van der Waals surface area contributed by atoms with E-state index in [2.05, 4.69) is 31.1 Å². The molecule has 0 saturated heterocycles. The highest BCUT2D eigenvalue weighted by Crippen LogP contribution is 2.68.